The van der Waals surface area contributed by atoms with Crippen LogP contribution < -0.4 is 5.32 Å². The Balaban J connectivity index is 2.26. The summed E-state index contributed by atoms with van der Waals surface area (Å²) in [7, 11) is 2.14. The number of nitrogens with zero attached hydrogens (tertiary/aromatic N) is 2. The molecule has 0 aliphatic carbocycles. The van der Waals surface area contributed by atoms with Crippen molar-refractivity contribution in [3.8, 4) is 0 Å². The van der Waals surface area contributed by atoms with Gasteiger partial charge in [0.05, 0.1) is 0 Å². The molecule has 0 bridgehead atoms. The Kier molecular flexibility index (Phi) is 6.52. The van der Waals surface area contributed by atoms with Crippen LogP contribution in [0.2, 0.25) is 0 Å². The second-order valence-electron chi connectivity index (χ2n) is 4.78. The van der Waals surface area contributed by atoms with Crippen LogP contribution in [0.4, 0.5) is 0 Å². The van der Waals surface area contributed by atoms with Crippen LogP contribution in [-0.4, -0.2) is 61.5 Å². The molecular formula is C13H27N3O. The summed E-state index contributed by atoms with van der Waals surface area (Å²) in [5, 5.41) is 3.37. The molecule has 1 N–H and O–H groups in total. The van der Waals surface area contributed by atoms with Crippen molar-refractivity contribution in [3.63, 3.8) is 0 Å². The van der Waals surface area contributed by atoms with E-state index in [0.29, 0.717) is 12.5 Å². The van der Waals surface area contributed by atoms with Gasteiger partial charge >= 0.3 is 0 Å². The van der Waals surface area contributed by atoms with E-state index in [0.717, 1.165) is 32.7 Å². The number of hydrogen-bond donors (Lipinski definition) is 1. The van der Waals surface area contributed by atoms with Crippen molar-refractivity contribution in [3.05, 3.63) is 0 Å². The molecule has 0 radical (unpaired) electrons. The van der Waals surface area contributed by atoms with E-state index in [4.69, 9.17) is 0 Å². The molecular weight excluding hydrogens is 214 g/mol. The van der Waals surface area contributed by atoms with Crippen LogP contribution in [0.5, 0.6) is 0 Å². The summed E-state index contributed by atoms with van der Waals surface area (Å²) < 4.78 is 0. The second kappa shape index (κ2) is 7.67. The highest BCUT2D eigenvalue weighted by Crippen LogP contribution is 2.10. The fourth-order valence-corrected chi connectivity index (χ4v) is 2.44. The molecule has 0 saturated carbocycles. The van der Waals surface area contributed by atoms with Crippen LogP contribution in [-0.2, 0) is 4.79 Å². The number of carbonyl (C=O) groups is 1. The minimum absolute atomic E-state index is 0.288. The van der Waals surface area contributed by atoms with E-state index in [9.17, 15) is 4.79 Å². The van der Waals surface area contributed by atoms with Gasteiger partial charge < -0.3 is 15.1 Å². The van der Waals surface area contributed by atoms with E-state index in [1.807, 2.05) is 18.7 Å². The second-order valence-corrected chi connectivity index (χ2v) is 4.78. The predicted molar refractivity (Wildman–Crippen MR) is 71.1 cm³/mol. The number of hydrogen-bond acceptors (Lipinski definition) is 3. The fourth-order valence-electron chi connectivity index (χ4n) is 2.44. The van der Waals surface area contributed by atoms with Gasteiger partial charge in [-0.25, -0.2) is 0 Å². The molecule has 4 heteroatoms. The molecule has 0 spiro atoms. The maximum atomic E-state index is 11.9. The van der Waals surface area contributed by atoms with Crippen molar-refractivity contribution >= 4 is 5.91 Å². The molecule has 0 unspecified atom stereocenters. The lowest BCUT2D eigenvalue weighted by molar-refractivity contribution is -0.131. The summed E-state index contributed by atoms with van der Waals surface area (Å²) in [6.45, 7) is 8.84. The minimum Gasteiger partial charge on any atom is -0.343 e. The highest BCUT2D eigenvalue weighted by molar-refractivity contribution is 5.76. The summed E-state index contributed by atoms with van der Waals surface area (Å²) in [5.41, 5.74) is 0. The number of amides is 1. The molecule has 17 heavy (non-hydrogen) atoms. The zero-order chi connectivity index (χ0) is 12.7. The van der Waals surface area contributed by atoms with Gasteiger partial charge in [0.2, 0.25) is 5.91 Å². The number of nitrogens with one attached hydrogen (secondary N) is 1. The molecule has 1 aliphatic rings. The molecule has 0 aromatic heterocycles. The topological polar surface area (TPSA) is 35.6 Å². The van der Waals surface area contributed by atoms with Gasteiger partial charge in [0.1, 0.15) is 0 Å². The summed E-state index contributed by atoms with van der Waals surface area (Å²) in [6.07, 6.45) is 3.06. The average Bonchev–Trinajstić information content (AvgIpc) is 2.38. The Morgan fingerprint density at radius 1 is 1.24 bits per heavy atom. The largest absolute Gasteiger partial charge is 0.343 e. The van der Waals surface area contributed by atoms with E-state index in [-0.39, 0.29) is 5.91 Å². The molecule has 1 heterocycles. The lowest BCUT2D eigenvalue weighted by Crippen LogP contribution is -2.42. The summed E-state index contributed by atoms with van der Waals surface area (Å²) in [5.74, 6) is 0.288. The third kappa shape index (κ3) is 4.64. The smallest absolute Gasteiger partial charge is 0.223 e. The van der Waals surface area contributed by atoms with E-state index < -0.39 is 0 Å². The summed E-state index contributed by atoms with van der Waals surface area (Å²) in [4.78, 5) is 16.1. The van der Waals surface area contributed by atoms with Crippen LogP contribution in [0.1, 0.15) is 33.1 Å². The molecule has 100 valence electrons. The van der Waals surface area contributed by atoms with E-state index >= 15 is 0 Å². The zero-order valence-corrected chi connectivity index (χ0v) is 11.5. The van der Waals surface area contributed by atoms with Crippen molar-refractivity contribution in [2.75, 3.05) is 39.8 Å². The van der Waals surface area contributed by atoms with Gasteiger partial charge in [-0.1, -0.05) is 0 Å². The Morgan fingerprint density at radius 3 is 2.35 bits per heavy atom. The third-order valence-electron chi connectivity index (χ3n) is 3.73. The Bertz CT molecular complexity index is 223. The number of piperidine rings is 1. The molecule has 1 rings (SSSR count). The van der Waals surface area contributed by atoms with Gasteiger partial charge in [0.15, 0.2) is 0 Å². The average molecular weight is 241 g/mol. The SMILES string of the molecule is CCN(CC)C(=O)CCN(C)C1CCNCC1. The van der Waals surface area contributed by atoms with Crippen molar-refractivity contribution in [2.45, 2.75) is 39.2 Å². The van der Waals surface area contributed by atoms with Crippen LogP contribution in [0, 0.1) is 0 Å². The summed E-state index contributed by atoms with van der Waals surface area (Å²) in [6, 6.07) is 0.653. The quantitative estimate of drug-likeness (QED) is 0.751. The highest BCUT2D eigenvalue weighted by atomic mass is 16.2. The first-order valence-electron chi connectivity index (χ1n) is 6.87. The maximum absolute atomic E-state index is 11.9. The molecule has 0 aromatic rings. The molecule has 0 aromatic carbocycles. The van der Waals surface area contributed by atoms with Crippen molar-refractivity contribution in [1.29, 1.82) is 0 Å². The molecule has 1 aliphatic heterocycles. The molecule has 0 atom stereocenters. The lowest BCUT2D eigenvalue weighted by atomic mass is 10.1. The van der Waals surface area contributed by atoms with E-state index in [2.05, 4.69) is 17.3 Å². The van der Waals surface area contributed by atoms with Gasteiger partial charge in [0.25, 0.3) is 0 Å². The number of carbonyl (C=O) groups excluding carboxylic acids is 1. The fraction of sp³-hybridized carbons (Fsp3) is 0.923. The first-order chi connectivity index (χ1) is 8.19. The van der Waals surface area contributed by atoms with E-state index in [1.165, 1.54) is 12.8 Å². The van der Waals surface area contributed by atoms with Crippen LogP contribution >= 0.6 is 0 Å². The van der Waals surface area contributed by atoms with Gasteiger partial charge in [-0.2, -0.15) is 0 Å². The van der Waals surface area contributed by atoms with E-state index in [1.54, 1.807) is 0 Å². The molecule has 1 saturated heterocycles. The molecule has 1 amide bonds. The van der Waals surface area contributed by atoms with Gasteiger partial charge in [-0.15, -0.1) is 0 Å². The summed E-state index contributed by atoms with van der Waals surface area (Å²) >= 11 is 0. The van der Waals surface area contributed by atoms with Gasteiger partial charge in [0, 0.05) is 32.1 Å². The number of rotatable bonds is 6. The van der Waals surface area contributed by atoms with Crippen molar-refractivity contribution in [1.82, 2.24) is 15.1 Å². The molecule has 1 fully saturated rings. The lowest BCUT2D eigenvalue weighted by Gasteiger charge is -2.32. The van der Waals surface area contributed by atoms with Gasteiger partial charge in [-0.05, 0) is 46.8 Å². The predicted octanol–water partition coefficient (Wildman–Crippen LogP) is 0.929. The maximum Gasteiger partial charge on any atom is 0.223 e. The third-order valence-corrected chi connectivity index (χ3v) is 3.73. The van der Waals surface area contributed by atoms with Crippen molar-refractivity contribution < 1.29 is 4.79 Å². The monoisotopic (exact) mass is 241 g/mol. The Labute approximate surface area is 105 Å². The first kappa shape index (κ1) is 14.5. The zero-order valence-electron chi connectivity index (χ0n) is 11.5. The minimum atomic E-state index is 0.288. The van der Waals surface area contributed by atoms with Crippen molar-refractivity contribution in [2.24, 2.45) is 0 Å². The highest BCUT2D eigenvalue weighted by Gasteiger charge is 2.18. The Morgan fingerprint density at radius 2 is 1.82 bits per heavy atom. The van der Waals surface area contributed by atoms with Crippen LogP contribution in [0.15, 0.2) is 0 Å². The van der Waals surface area contributed by atoms with Crippen LogP contribution in [0.25, 0.3) is 0 Å². The standard InChI is InChI=1S/C13H27N3O/c1-4-16(5-2)13(17)8-11-15(3)12-6-9-14-10-7-12/h12,14H,4-11H2,1-3H3. The van der Waals surface area contributed by atoms with Gasteiger partial charge in [-0.3, -0.25) is 4.79 Å². The van der Waals surface area contributed by atoms with Crippen LogP contribution in [0.3, 0.4) is 0 Å². The normalized spacial score (nSPS) is 17.4. The first-order valence-corrected chi connectivity index (χ1v) is 6.87. The molecule has 4 nitrogen and oxygen atoms in total. The Hall–Kier alpha value is -0.610.